The molecule has 1 aromatic rings. The molecule has 2 rings (SSSR count). The summed E-state index contributed by atoms with van der Waals surface area (Å²) >= 11 is 0. The van der Waals surface area contributed by atoms with Crippen molar-refractivity contribution < 1.29 is 19.4 Å². The summed E-state index contributed by atoms with van der Waals surface area (Å²) in [5.41, 5.74) is 1.30. The molecule has 2 heterocycles. The van der Waals surface area contributed by atoms with Gasteiger partial charge in [0.25, 0.3) is 5.91 Å². The van der Waals surface area contributed by atoms with Gasteiger partial charge in [0.15, 0.2) is 0 Å². The molecule has 1 aliphatic heterocycles. The molecule has 1 amide bonds. The van der Waals surface area contributed by atoms with E-state index >= 15 is 0 Å². The quantitative estimate of drug-likeness (QED) is 0.889. The lowest BCUT2D eigenvalue weighted by Gasteiger charge is -2.31. The zero-order valence-electron chi connectivity index (χ0n) is 12.1. The van der Waals surface area contributed by atoms with Crippen LogP contribution in [-0.4, -0.2) is 52.7 Å². The van der Waals surface area contributed by atoms with E-state index in [9.17, 15) is 9.59 Å². The van der Waals surface area contributed by atoms with Crippen LogP contribution in [0.25, 0.3) is 0 Å². The minimum Gasteiger partial charge on any atom is -0.481 e. The van der Waals surface area contributed by atoms with Gasteiger partial charge in [-0.3, -0.25) is 9.59 Å². The molecular weight excluding hydrogens is 272 g/mol. The third kappa shape index (κ3) is 4.53. The molecule has 0 saturated carbocycles. The van der Waals surface area contributed by atoms with Crippen molar-refractivity contribution in [3.05, 3.63) is 29.6 Å². The second-order valence-electron chi connectivity index (χ2n) is 5.17. The van der Waals surface area contributed by atoms with Gasteiger partial charge in [0.2, 0.25) is 0 Å². The van der Waals surface area contributed by atoms with Crippen LogP contribution in [-0.2, 0) is 9.53 Å². The van der Waals surface area contributed by atoms with Gasteiger partial charge in [-0.25, -0.2) is 4.98 Å². The fourth-order valence-corrected chi connectivity index (χ4v) is 2.36. The molecule has 6 nitrogen and oxygen atoms in total. The number of pyridine rings is 1. The highest BCUT2D eigenvalue weighted by molar-refractivity contribution is 5.92. The normalized spacial score (nSPS) is 16.0. The lowest BCUT2D eigenvalue weighted by Crippen LogP contribution is -2.41. The largest absolute Gasteiger partial charge is 0.481 e. The van der Waals surface area contributed by atoms with Crippen molar-refractivity contribution >= 4 is 11.9 Å². The predicted octanol–water partition coefficient (Wildman–Crippen LogP) is 1.49. The molecule has 1 N–H and O–H groups in total. The maximum atomic E-state index is 12.3. The van der Waals surface area contributed by atoms with Crippen LogP contribution >= 0.6 is 0 Å². The van der Waals surface area contributed by atoms with E-state index in [1.54, 1.807) is 11.0 Å². The molecule has 0 aromatic carbocycles. The third-order valence-electron chi connectivity index (χ3n) is 3.51. The summed E-state index contributed by atoms with van der Waals surface area (Å²) in [5, 5.41) is 8.57. The molecule has 0 atom stereocenters. The van der Waals surface area contributed by atoms with E-state index in [0.717, 1.165) is 18.5 Å². The van der Waals surface area contributed by atoms with Gasteiger partial charge in [-0.1, -0.05) is 6.07 Å². The Morgan fingerprint density at radius 1 is 1.38 bits per heavy atom. The van der Waals surface area contributed by atoms with E-state index in [0.29, 0.717) is 18.8 Å². The van der Waals surface area contributed by atoms with Crippen LogP contribution in [0.1, 0.15) is 35.4 Å². The average Bonchev–Trinajstić information content (AvgIpc) is 2.47. The van der Waals surface area contributed by atoms with Crippen LogP contribution in [0.5, 0.6) is 0 Å². The Morgan fingerprint density at radius 2 is 2.10 bits per heavy atom. The number of hydrogen-bond donors (Lipinski definition) is 1. The Hall–Kier alpha value is -1.95. The smallest absolute Gasteiger partial charge is 0.305 e. The summed E-state index contributed by atoms with van der Waals surface area (Å²) in [5.74, 6) is -0.907. The number of rotatable bonds is 5. The molecule has 1 aliphatic rings. The summed E-state index contributed by atoms with van der Waals surface area (Å²) in [4.78, 5) is 28.8. The summed E-state index contributed by atoms with van der Waals surface area (Å²) in [7, 11) is 0. The number of likely N-dealkylation sites (tertiary alicyclic amines) is 1. The topological polar surface area (TPSA) is 79.7 Å². The minimum atomic E-state index is -0.854. The van der Waals surface area contributed by atoms with Crippen molar-refractivity contribution in [2.45, 2.75) is 32.3 Å². The standard InChI is InChI=1S/C15H20N2O4/c1-11-3-2-4-13(16-11)15(20)17-8-5-12(6-9-17)21-10-7-14(18)19/h2-4,12H,5-10H2,1H3,(H,18,19). The highest BCUT2D eigenvalue weighted by Crippen LogP contribution is 2.16. The first-order chi connectivity index (χ1) is 10.1. The van der Waals surface area contributed by atoms with Gasteiger partial charge in [-0.15, -0.1) is 0 Å². The summed E-state index contributed by atoms with van der Waals surface area (Å²) in [6, 6.07) is 5.42. The Bertz CT molecular complexity index is 510. The number of carboxylic acids is 1. The van der Waals surface area contributed by atoms with Crippen molar-refractivity contribution in [1.82, 2.24) is 9.88 Å². The molecule has 0 spiro atoms. The SMILES string of the molecule is Cc1cccc(C(=O)N2CCC(OCCC(=O)O)CC2)n1. The number of piperidine rings is 1. The molecule has 1 saturated heterocycles. The van der Waals surface area contributed by atoms with Gasteiger partial charge in [0, 0.05) is 18.8 Å². The maximum Gasteiger partial charge on any atom is 0.305 e. The highest BCUT2D eigenvalue weighted by Gasteiger charge is 2.24. The number of amides is 1. The van der Waals surface area contributed by atoms with E-state index < -0.39 is 5.97 Å². The van der Waals surface area contributed by atoms with Crippen molar-refractivity contribution in [2.75, 3.05) is 19.7 Å². The molecule has 0 radical (unpaired) electrons. The molecular formula is C15H20N2O4. The highest BCUT2D eigenvalue weighted by atomic mass is 16.5. The van der Waals surface area contributed by atoms with E-state index in [4.69, 9.17) is 9.84 Å². The number of aryl methyl sites for hydroxylation is 1. The number of carbonyl (C=O) groups excluding carboxylic acids is 1. The summed E-state index contributed by atoms with van der Waals surface area (Å²) in [6.07, 6.45) is 1.53. The summed E-state index contributed by atoms with van der Waals surface area (Å²) < 4.78 is 5.51. The average molecular weight is 292 g/mol. The lowest BCUT2D eigenvalue weighted by molar-refractivity contribution is -0.138. The van der Waals surface area contributed by atoms with Gasteiger partial charge in [0.1, 0.15) is 5.69 Å². The van der Waals surface area contributed by atoms with E-state index in [1.807, 2.05) is 19.1 Å². The molecule has 114 valence electrons. The van der Waals surface area contributed by atoms with Gasteiger partial charge >= 0.3 is 5.97 Å². The first kappa shape index (κ1) is 15.4. The second kappa shape index (κ2) is 7.17. The van der Waals surface area contributed by atoms with Crippen LogP contribution in [0.2, 0.25) is 0 Å². The molecule has 21 heavy (non-hydrogen) atoms. The Kier molecular flexibility index (Phi) is 5.27. The van der Waals surface area contributed by atoms with Gasteiger partial charge in [0.05, 0.1) is 19.1 Å². The van der Waals surface area contributed by atoms with E-state index in [-0.39, 0.29) is 25.0 Å². The minimum absolute atomic E-state index is 0.0202. The second-order valence-corrected chi connectivity index (χ2v) is 5.17. The van der Waals surface area contributed by atoms with Crippen molar-refractivity contribution in [2.24, 2.45) is 0 Å². The Balaban J connectivity index is 1.81. The number of ether oxygens (including phenoxy) is 1. The third-order valence-corrected chi connectivity index (χ3v) is 3.51. The van der Waals surface area contributed by atoms with Crippen LogP contribution < -0.4 is 0 Å². The molecule has 0 unspecified atom stereocenters. The van der Waals surface area contributed by atoms with Crippen molar-refractivity contribution in [3.63, 3.8) is 0 Å². The molecule has 1 aromatic heterocycles. The monoisotopic (exact) mass is 292 g/mol. The van der Waals surface area contributed by atoms with Crippen LogP contribution in [0.15, 0.2) is 18.2 Å². The molecule has 6 heteroatoms. The number of nitrogens with zero attached hydrogens (tertiary/aromatic N) is 2. The zero-order valence-corrected chi connectivity index (χ0v) is 12.1. The fourth-order valence-electron chi connectivity index (χ4n) is 2.36. The zero-order chi connectivity index (χ0) is 15.2. The summed E-state index contributed by atoms with van der Waals surface area (Å²) in [6.45, 7) is 3.32. The lowest BCUT2D eigenvalue weighted by atomic mass is 10.1. The molecule has 0 aliphatic carbocycles. The van der Waals surface area contributed by atoms with Gasteiger partial charge in [-0.05, 0) is 31.9 Å². The number of aliphatic carboxylic acids is 1. The predicted molar refractivity (Wildman–Crippen MR) is 76.1 cm³/mol. The van der Waals surface area contributed by atoms with Gasteiger partial charge in [-0.2, -0.15) is 0 Å². The fraction of sp³-hybridized carbons (Fsp3) is 0.533. The first-order valence-electron chi connectivity index (χ1n) is 7.12. The van der Waals surface area contributed by atoms with Crippen molar-refractivity contribution in [1.29, 1.82) is 0 Å². The first-order valence-corrected chi connectivity index (χ1v) is 7.12. The maximum absolute atomic E-state index is 12.3. The van der Waals surface area contributed by atoms with E-state index in [1.165, 1.54) is 0 Å². The number of carbonyl (C=O) groups is 2. The number of carboxylic acid groups (broad SMARTS) is 1. The van der Waals surface area contributed by atoms with Crippen LogP contribution in [0.4, 0.5) is 0 Å². The van der Waals surface area contributed by atoms with Crippen molar-refractivity contribution in [3.8, 4) is 0 Å². The number of aromatic nitrogens is 1. The number of hydrogen-bond acceptors (Lipinski definition) is 4. The molecule has 1 fully saturated rings. The van der Waals surface area contributed by atoms with Crippen LogP contribution in [0.3, 0.4) is 0 Å². The van der Waals surface area contributed by atoms with E-state index in [2.05, 4.69) is 4.98 Å². The van der Waals surface area contributed by atoms with Gasteiger partial charge < -0.3 is 14.7 Å². The van der Waals surface area contributed by atoms with Crippen LogP contribution in [0, 0.1) is 6.92 Å². The Labute approximate surface area is 123 Å². The Morgan fingerprint density at radius 3 is 2.71 bits per heavy atom. The molecule has 0 bridgehead atoms.